The van der Waals surface area contributed by atoms with Gasteiger partial charge in [0.25, 0.3) is 0 Å². The number of aromatic amines is 3. The second kappa shape index (κ2) is 49.1. The van der Waals surface area contributed by atoms with Crippen molar-refractivity contribution in [1.29, 1.82) is 0 Å². The molecule has 0 aliphatic carbocycles. The summed E-state index contributed by atoms with van der Waals surface area (Å²) in [6.45, 7) is 0.688. The van der Waals surface area contributed by atoms with Gasteiger partial charge in [-0.15, -0.1) is 11.8 Å². The number of phenolic OH excluding ortho intramolecular Hbond substituents is 1. The summed E-state index contributed by atoms with van der Waals surface area (Å²) in [6.07, 6.45) is 0.632. The highest BCUT2D eigenvalue weighted by Gasteiger charge is 2.47. The van der Waals surface area contributed by atoms with Gasteiger partial charge < -0.3 is 131 Å². The van der Waals surface area contributed by atoms with Crippen LogP contribution in [0, 0.1) is 0 Å². The Labute approximate surface area is 786 Å². The molecule has 3 fully saturated rings. The summed E-state index contributed by atoms with van der Waals surface area (Å²) >= 11 is 0.742. The molecule has 3 aliphatic heterocycles. The second-order valence-electron chi connectivity index (χ2n) is 34.0. The van der Waals surface area contributed by atoms with E-state index in [2.05, 4.69) is 73.1 Å². The Kier molecular flexibility index (Phi) is 37.4. The van der Waals surface area contributed by atoms with E-state index in [0.717, 1.165) is 36.3 Å². The minimum Gasteiger partial charge on any atom is -0.508 e. The van der Waals surface area contributed by atoms with Crippen LogP contribution in [0.5, 0.6) is 5.75 Å². The predicted octanol–water partition coefficient (Wildman–Crippen LogP) is -4.01. The number of amides is 17. The Morgan fingerprint density at radius 2 is 1.07 bits per heavy atom. The number of nitrogens with one attached hydrogen (secondary N) is 13. The number of fused-ring (bicyclic) bond motifs is 4. The minimum absolute atomic E-state index is 0.0266. The number of rotatable bonds is 24. The molecule has 0 saturated carbocycles. The van der Waals surface area contributed by atoms with Crippen molar-refractivity contribution in [2.24, 2.45) is 22.9 Å². The molecule has 0 radical (unpaired) electrons. The fourth-order valence-electron chi connectivity index (χ4n) is 16.6. The molecule has 0 unspecified atom stereocenters. The van der Waals surface area contributed by atoms with Gasteiger partial charge in [0.05, 0.1) is 36.8 Å². The number of hydrogen-bond acceptors (Lipinski definition) is 24. The molecule has 0 bridgehead atoms. The lowest BCUT2D eigenvalue weighted by Crippen LogP contribution is -2.62. The number of aromatic hydroxyl groups is 1. The van der Waals surface area contributed by atoms with Crippen LogP contribution in [-0.4, -0.2) is 322 Å². The molecule has 10 rings (SSSR count). The van der Waals surface area contributed by atoms with Gasteiger partial charge in [-0.1, -0.05) is 98.6 Å². The number of benzene rings is 4. The van der Waals surface area contributed by atoms with E-state index in [1.807, 2.05) is 6.92 Å². The van der Waals surface area contributed by atoms with Crippen molar-refractivity contribution in [3.05, 3.63) is 156 Å². The Bertz CT molecular complexity index is 5470. The first kappa shape index (κ1) is 104. The van der Waals surface area contributed by atoms with Crippen molar-refractivity contribution in [1.82, 2.24) is 97.6 Å². The van der Waals surface area contributed by atoms with Crippen LogP contribution in [0.3, 0.4) is 0 Å². The average molecular weight is 1900 g/mol. The van der Waals surface area contributed by atoms with Crippen molar-refractivity contribution >= 4 is 140 Å². The zero-order valence-corrected chi connectivity index (χ0v) is 76.7. The topological polar surface area (TPSA) is 669 Å². The molecule has 3 saturated heterocycles. The fraction of sp³-hybridized carbons (Fsp3) is 0.462. The maximum atomic E-state index is 15.9. The summed E-state index contributed by atoms with van der Waals surface area (Å²) in [4.78, 5) is 281. The number of aliphatic hydroxyl groups is 1. The highest BCUT2D eigenvalue weighted by Crippen LogP contribution is 2.28. The molecule has 3 aliphatic rings. The number of carboxylic acids is 1. The number of hydrogen-bond donors (Lipinski definition) is 20. The molecule has 15 atom stereocenters. The van der Waals surface area contributed by atoms with E-state index in [1.54, 1.807) is 91.3 Å². The summed E-state index contributed by atoms with van der Waals surface area (Å²) in [7, 11) is 3.86. The Hall–Kier alpha value is -14.3. The van der Waals surface area contributed by atoms with E-state index in [0.29, 0.717) is 56.9 Å². The number of H-pyrrole nitrogens is 3. The number of aliphatic carboxylic acids is 1. The van der Waals surface area contributed by atoms with Crippen LogP contribution < -0.4 is 76.1 Å². The number of imidazole rings is 1. The van der Waals surface area contributed by atoms with Gasteiger partial charge >= 0.3 is 5.97 Å². The normalized spacial score (nSPS) is 24.6. The van der Waals surface area contributed by atoms with Crippen molar-refractivity contribution in [2.45, 2.75) is 201 Å². The zero-order valence-electron chi connectivity index (χ0n) is 75.9. The van der Waals surface area contributed by atoms with Gasteiger partial charge in [0.1, 0.15) is 90.3 Å². The first-order chi connectivity index (χ1) is 64.9. The Morgan fingerprint density at radius 3 is 1.68 bits per heavy atom. The van der Waals surface area contributed by atoms with E-state index in [9.17, 15) is 63.3 Å². The SMILES string of the molecule is CCCC[C@H]1C(=O)N(C)[C@@H](Cc2ccccc2)C(=O)N[C@@H](CN)C(=O)N[C@H](C(=O)NCC(N)=O)CSCC(=O)N[C@@H](Cc2ccc(O)cc2)C(=O)N(C)[C@@H](C)C(=O)N[C@@H](CC(N)=O)C(=O)N2CCC[C@H]2C(=O)N[C@@H](Cc2c[nH]cn2)C(=O)N[C@@H](CCC(=O)O)C(=O)N2C[C@H](O)C[C@H]2C(=O)N[C@@H](Cc2c[nH]c3ccccc23)C(=O)N[C@@H](CCN)C(=O)N[C@@H](Cc2c[nH]c3ccccc23)C(=O)N1C. The monoisotopic (exact) mass is 1900 g/mol. The largest absolute Gasteiger partial charge is 0.508 e. The Morgan fingerprint density at radius 1 is 0.522 bits per heavy atom. The lowest BCUT2D eigenvalue weighted by molar-refractivity contribution is -0.149. The number of carboxylic acid groups (broad SMARTS) is 1. The molecule has 7 aromatic rings. The van der Waals surface area contributed by atoms with E-state index in [1.165, 1.54) is 64.9 Å². The number of primary amides is 2. The summed E-state index contributed by atoms with van der Waals surface area (Å²) in [5, 5.41) is 59.1. The maximum absolute atomic E-state index is 15.9. The van der Waals surface area contributed by atoms with Crippen LogP contribution in [0.25, 0.3) is 21.8 Å². The standard InChI is InChI=1S/C91H119N23O21S/c1-6-7-22-71-91(135)112(5)72(34-50-16-9-8-10-17-50)85(129)108-68(40-93)83(127)109-69(79(123)99-44-75(95)118)46-136-47-76(119)101-65(33-51-24-26-55(115)27-25-51)87(131)110(3)49(2)78(122)106-67(39-74(94)117)90(134)113-32-15-23-70(113)84(128)105-64(37-54-43-96-48-100-54)82(126)103-62(28-29-77(120)121)89(133)114-45-56(116)38-73(114)86(130)104-63(35-52-41-97-59-20-13-11-18-57(52)59)81(125)102-61(30-31-92)80(124)107-66(88(132)111(71)4)36-53-42-98-60-21-14-12-19-58(53)60/h8-14,16-21,24-27,41-43,48-49,56,61-73,97-98,115-116H,6-7,15,22-23,28-40,44-47,92-93H2,1-5H3,(H2,94,117)(H2,95,118)(H,96,100)(H,99,123)(H,101,119)(H,102,125)(H,103,126)(H,104,130)(H,105,128)(H,106,122)(H,107,124)(H,108,129)(H,109,127)(H,120,121)/t49-,56+,61-,62-,63-,64-,65-,66-,67-,68-,69-,70-,71-,72-,73-/m0/s1. The molecule has 6 heterocycles. The number of nitrogens with zero attached hydrogens (tertiary/aromatic N) is 6. The quantitative estimate of drug-likeness (QED) is 0.0274. The third-order valence-corrected chi connectivity index (χ3v) is 25.2. The van der Waals surface area contributed by atoms with E-state index in [4.69, 9.17) is 22.9 Å². The molecule has 17 amide bonds. The van der Waals surface area contributed by atoms with Crippen LogP contribution in [0.2, 0.25) is 0 Å². The zero-order chi connectivity index (χ0) is 98.7. The van der Waals surface area contributed by atoms with Crippen molar-refractivity contribution in [3.8, 4) is 5.75 Å². The number of nitrogens with two attached hydrogens (primary N) is 4. The number of likely N-dealkylation sites (N-methyl/N-ethyl adjacent to an activating group) is 3. The molecule has 136 heavy (non-hydrogen) atoms. The van der Waals surface area contributed by atoms with Gasteiger partial charge in [0.2, 0.25) is 100 Å². The number of para-hydroxylation sites is 2. The molecule has 3 aromatic heterocycles. The van der Waals surface area contributed by atoms with Crippen LogP contribution >= 0.6 is 11.8 Å². The van der Waals surface area contributed by atoms with Crippen molar-refractivity contribution in [3.63, 3.8) is 0 Å². The predicted molar refractivity (Wildman–Crippen MR) is 494 cm³/mol. The highest BCUT2D eigenvalue weighted by molar-refractivity contribution is 8.00. The number of phenols is 1. The summed E-state index contributed by atoms with van der Waals surface area (Å²) in [5.41, 5.74) is 26.9. The van der Waals surface area contributed by atoms with Gasteiger partial charge in [-0.2, -0.15) is 0 Å². The fourth-order valence-corrected chi connectivity index (χ4v) is 17.5. The summed E-state index contributed by atoms with van der Waals surface area (Å²) < 4.78 is 0. The lowest BCUT2D eigenvalue weighted by Gasteiger charge is -2.36. The third-order valence-electron chi connectivity index (χ3n) is 24.2. The smallest absolute Gasteiger partial charge is 0.303 e. The van der Waals surface area contributed by atoms with Gasteiger partial charge in [-0.05, 0) is 92.1 Å². The summed E-state index contributed by atoms with van der Waals surface area (Å²) in [5.74, 6) is -19.5. The third kappa shape index (κ3) is 27.9. The van der Waals surface area contributed by atoms with Crippen LogP contribution in [0.4, 0.5) is 0 Å². The molecule has 45 heteroatoms. The van der Waals surface area contributed by atoms with E-state index in [-0.39, 0.29) is 75.9 Å². The molecule has 0 spiro atoms. The highest BCUT2D eigenvalue weighted by atomic mass is 32.2. The number of aliphatic hydroxyl groups excluding tert-OH is 1. The number of carbonyl (C=O) groups is 18. The molecule has 44 nitrogen and oxygen atoms in total. The maximum Gasteiger partial charge on any atom is 0.303 e. The molecule has 24 N–H and O–H groups in total. The number of unbranched alkanes of at least 4 members (excludes halogenated alkanes) is 1. The number of aromatic nitrogens is 4. The molecule has 730 valence electrons. The molecule has 4 aromatic carbocycles. The van der Waals surface area contributed by atoms with Crippen LogP contribution in [0.1, 0.15) is 106 Å². The Balaban J connectivity index is 1.02. The van der Waals surface area contributed by atoms with Crippen LogP contribution in [-0.2, 0) is 118 Å². The average Bonchev–Trinajstić information content (AvgIpc) is 1.62. The molecular formula is C91H119N23O21S. The van der Waals surface area contributed by atoms with E-state index >= 15 is 38.4 Å². The summed E-state index contributed by atoms with van der Waals surface area (Å²) in [6, 6.07) is 5.32. The first-order valence-electron chi connectivity index (χ1n) is 44.7. The second-order valence-corrected chi connectivity index (χ2v) is 35.0. The lowest BCUT2D eigenvalue weighted by atomic mass is 9.99. The van der Waals surface area contributed by atoms with Gasteiger partial charge in [-0.3, -0.25) is 86.3 Å². The van der Waals surface area contributed by atoms with E-state index < -0.39 is 260 Å². The van der Waals surface area contributed by atoms with Gasteiger partial charge in [0, 0.05) is 132 Å². The minimum atomic E-state index is -1.85. The van der Waals surface area contributed by atoms with Crippen molar-refractivity contribution < 1.29 is 102 Å². The van der Waals surface area contributed by atoms with Gasteiger partial charge in [-0.25, -0.2) is 4.98 Å². The van der Waals surface area contributed by atoms with Crippen LogP contribution in [0.15, 0.2) is 128 Å². The number of thioether (sulfide) groups is 1. The van der Waals surface area contributed by atoms with Gasteiger partial charge in [0.15, 0.2) is 0 Å². The number of carbonyl (C=O) groups excluding carboxylic acids is 17. The van der Waals surface area contributed by atoms with Crippen molar-refractivity contribution in [2.75, 3.05) is 65.4 Å². The molecular weight excluding hydrogens is 1780 g/mol. The first-order valence-corrected chi connectivity index (χ1v) is 45.9.